The van der Waals surface area contributed by atoms with Crippen LogP contribution < -0.4 is 5.63 Å². The molecular weight excluding hydrogens is 334 g/mol. The van der Waals surface area contributed by atoms with E-state index in [2.05, 4.69) is 34.7 Å². The lowest BCUT2D eigenvalue weighted by Gasteiger charge is -2.09. The zero-order valence-electron chi connectivity index (χ0n) is 14.7. The molecule has 5 nitrogen and oxygen atoms in total. The molecule has 1 aromatic carbocycles. The standard InChI is InChI=1S/C19H21N3O2S/c1-4-22-18(13-5-6-13)20-21-19(22)25-10-14-9-17(23)24-16-8-12(3)11(2)7-15(14)16/h7-9,13H,4-6,10H2,1-3H3. The van der Waals surface area contributed by atoms with Crippen molar-refractivity contribution in [2.24, 2.45) is 0 Å². The maximum absolute atomic E-state index is 11.9. The Kier molecular flexibility index (Phi) is 4.15. The molecule has 0 spiro atoms. The van der Waals surface area contributed by atoms with E-state index in [1.165, 1.54) is 18.4 Å². The van der Waals surface area contributed by atoms with Gasteiger partial charge in [-0.1, -0.05) is 11.8 Å². The Bertz CT molecular complexity index is 1000. The topological polar surface area (TPSA) is 60.9 Å². The summed E-state index contributed by atoms with van der Waals surface area (Å²) in [5, 5.41) is 10.7. The number of nitrogens with zero attached hydrogens (tertiary/aromatic N) is 3. The fourth-order valence-corrected chi connectivity index (χ4v) is 4.09. The summed E-state index contributed by atoms with van der Waals surface area (Å²) in [5.74, 6) is 2.36. The van der Waals surface area contributed by atoms with Crippen molar-refractivity contribution in [2.75, 3.05) is 0 Å². The summed E-state index contributed by atoms with van der Waals surface area (Å²) in [5.41, 5.74) is 3.65. The lowest BCUT2D eigenvalue weighted by molar-refractivity contribution is 0.559. The van der Waals surface area contributed by atoms with Crippen molar-refractivity contribution < 1.29 is 4.42 Å². The maximum atomic E-state index is 11.9. The van der Waals surface area contributed by atoms with Crippen molar-refractivity contribution in [3.05, 3.63) is 51.1 Å². The van der Waals surface area contributed by atoms with Crippen LogP contribution in [-0.4, -0.2) is 14.8 Å². The number of benzene rings is 1. The highest BCUT2D eigenvalue weighted by molar-refractivity contribution is 7.98. The molecule has 4 rings (SSSR count). The molecule has 6 heteroatoms. The largest absolute Gasteiger partial charge is 0.423 e. The number of aromatic nitrogens is 3. The zero-order chi connectivity index (χ0) is 17.6. The lowest BCUT2D eigenvalue weighted by Crippen LogP contribution is -2.03. The van der Waals surface area contributed by atoms with E-state index >= 15 is 0 Å². The summed E-state index contributed by atoms with van der Waals surface area (Å²) in [6.45, 7) is 7.10. The molecule has 2 heterocycles. The summed E-state index contributed by atoms with van der Waals surface area (Å²) in [7, 11) is 0. The van der Waals surface area contributed by atoms with E-state index in [-0.39, 0.29) is 5.63 Å². The molecule has 0 aliphatic heterocycles. The highest BCUT2D eigenvalue weighted by Gasteiger charge is 2.30. The minimum absolute atomic E-state index is 0.304. The summed E-state index contributed by atoms with van der Waals surface area (Å²) < 4.78 is 7.58. The number of aryl methyl sites for hydroxylation is 2. The Hall–Kier alpha value is -2.08. The molecular formula is C19H21N3O2S. The number of thioether (sulfide) groups is 1. The summed E-state index contributed by atoms with van der Waals surface area (Å²) in [6, 6.07) is 5.64. The molecule has 130 valence electrons. The smallest absolute Gasteiger partial charge is 0.336 e. The summed E-state index contributed by atoms with van der Waals surface area (Å²) in [6.07, 6.45) is 2.43. The number of hydrogen-bond donors (Lipinski definition) is 0. The Morgan fingerprint density at radius 1 is 1.20 bits per heavy atom. The second-order valence-electron chi connectivity index (χ2n) is 6.67. The van der Waals surface area contributed by atoms with Crippen LogP contribution in [-0.2, 0) is 12.3 Å². The Morgan fingerprint density at radius 2 is 1.96 bits per heavy atom. The summed E-state index contributed by atoms with van der Waals surface area (Å²) in [4.78, 5) is 11.9. The van der Waals surface area contributed by atoms with E-state index in [0.29, 0.717) is 17.3 Å². The molecule has 25 heavy (non-hydrogen) atoms. The maximum Gasteiger partial charge on any atom is 0.336 e. The summed E-state index contributed by atoms with van der Waals surface area (Å²) >= 11 is 1.63. The number of fused-ring (bicyclic) bond motifs is 1. The zero-order valence-corrected chi connectivity index (χ0v) is 15.5. The Balaban J connectivity index is 1.67. The molecule has 1 fully saturated rings. The first-order chi connectivity index (χ1) is 12.1. The normalized spacial score (nSPS) is 14.4. The van der Waals surface area contributed by atoms with Gasteiger partial charge in [0.15, 0.2) is 5.16 Å². The second kappa shape index (κ2) is 6.33. The third-order valence-electron chi connectivity index (χ3n) is 4.81. The van der Waals surface area contributed by atoms with Crippen LogP contribution in [0.4, 0.5) is 0 Å². The average molecular weight is 355 g/mol. The van der Waals surface area contributed by atoms with E-state index in [1.54, 1.807) is 17.8 Å². The molecule has 0 saturated heterocycles. The van der Waals surface area contributed by atoms with Gasteiger partial charge in [-0.25, -0.2) is 4.79 Å². The minimum atomic E-state index is -0.304. The fourth-order valence-electron chi connectivity index (χ4n) is 3.09. The Morgan fingerprint density at radius 3 is 2.68 bits per heavy atom. The molecule has 0 amide bonds. The average Bonchev–Trinajstić information content (AvgIpc) is 3.34. The molecule has 0 atom stereocenters. The second-order valence-corrected chi connectivity index (χ2v) is 7.61. The molecule has 0 N–H and O–H groups in total. The van der Waals surface area contributed by atoms with Crippen LogP contribution in [0.3, 0.4) is 0 Å². The van der Waals surface area contributed by atoms with Crippen LogP contribution >= 0.6 is 11.8 Å². The molecule has 1 aliphatic carbocycles. The van der Waals surface area contributed by atoms with Gasteiger partial charge >= 0.3 is 5.63 Å². The van der Waals surface area contributed by atoms with Gasteiger partial charge in [-0.2, -0.15) is 0 Å². The predicted octanol–water partition coefficient (Wildman–Crippen LogP) is 4.19. The molecule has 1 saturated carbocycles. The highest BCUT2D eigenvalue weighted by atomic mass is 32.2. The van der Waals surface area contributed by atoms with Gasteiger partial charge < -0.3 is 8.98 Å². The van der Waals surface area contributed by atoms with Crippen LogP contribution in [0.1, 0.15) is 48.2 Å². The molecule has 0 radical (unpaired) electrons. The van der Waals surface area contributed by atoms with Crippen molar-refractivity contribution in [1.29, 1.82) is 0 Å². The van der Waals surface area contributed by atoms with Crippen LogP contribution in [0.15, 0.2) is 32.6 Å². The monoisotopic (exact) mass is 355 g/mol. The first kappa shape index (κ1) is 16.4. The number of rotatable bonds is 5. The molecule has 0 bridgehead atoms. The third-order valence-corrected chi connectivity index (χ3v) is 5.82. The lowest BCUT2D eigenvalue weighted by atomic mass is 10.0. The predicted molar refractivity (Wildman–Crippen MR) is 99.2 cm³/mol. The van der Waals surface area contributed by atoms with Crippen LogP contribution in [0.25, 0.3) is 11.0 Å². The molecule has 2 aromatic heterocycles. The van der Waals surface area contributed by atoms with Crippen molar-refractivity contribution in [1.82, 2.24) is 14.8 Å². The molecule has 0 unspecified atom stereocenters. The SMILES string of the molecule is CCn1c(SCc2cc(=O)oc3cc(C)c(C)cc23)nnc1C1CC1. The number of hydrogen-bond acceptors (Lipinski definition) is 5. The van der Waals surface area contributed by atoms with Gasteiger partial charge in [0, 0.05) is 29.7 Å². The van der Waals surface area contributed by atoms with Gasteiger partial charge in [0.2, 0.25) is 0 Å². The van der Waals surface area contributed by atoms with Crippen LogP contribution in [0.2, 0.25) is 0 Å². The van der Waals surface area contributed by atoms with Crippen LogP contribution in [0, 0.1) is 13.8 Å². The van der Waals surface area contributed by atoms with E-state index in [4.69, 9.17) is 4.42 Å². The van der Waals surface area contributed by atoms with Crippen LogP contribution in [0.5, 0.6) is 0 Å². The third kappa shape index (κ3) is 3.11. The van der Waals surface area contributed by atoms with Gasteiger partial charge in [-0.3, -0.25) is 0 Å². The van der Waals surface area contributed by atoms with E-state index in [1.807, 2.05) is 13.0 Å². The molecule has 3 aromatic rings. The van der Waals surface area contributed by atoms with Crippen molar-refractivity contribution in [3.8, 4) is 0 Å². The quantitative estimate of drug-likeness (QED) is 0.507. The highest BCUT2D eigenvalue weighted by Crippen LogP contribution is 2.40. The molecule has 1 aliphatic rings. The van der Waals surface area contributed by atoms with Crippen molar-refractivity contribution >= 4 is 22.7 Å². The van der Waals surface area contributed by atoms with Gasteiger partial charge in [0.05, 0.1) is 0 Å². The minimum Gasteiger partial charge on any atom is -0.423 e. The van der Waals surface area contributed by atoms with E-state index < -0.39 is 0 Å². The van der Waals surface area contributed by atoms with Gasteiger partial charge in [-0.15, -0.1) is 10.2 Å². The first-order valence-corrected chi connectivity index (χ1v) is 9.65. The van der Waals surface area contributed by atoms with Crippen molar-refractivity contribution in [3.63, 3.8) is 0 Å². The van der Waals surface area contributed by atoms with E-state index in [0.717, 1.165) is 34.0 Å². The van der Waals surface area contributed by atoms with Gasteiger partial charge in [-0.05, 0) is 62.4 Å². The Labute approximate surface area is 150 Å². The first-order valence-electron chi connectivity index (χ1n) is 8.66. The fraction of sp³-hybridized carbons (Fsp3) is 0.421. The van der Waals surface area contributed by atoms with Crippen molar-refractivity contribution in [2.45, 2.75) is 57.0 Å². The van der Waals surface area contributed by atoms with Gasteiger partial charge in [0.25, 0.3) is 0 Å². The van der Waals surface area contributed by atoms with E-state index in [9.17, 15) is 4.79 Å². The van der Waals surface area contributed by atoms with Gasteiger partial charge in [0.1, 0.15) is 11.4 Å².